The highest BCUT2D eigenvalue weighted by atomic mass is 79.9. The molecule has 0 aliphatic carbocycles. The van der Waals surface area contributed by atoms with Crippen LogP contribution < -0.4 is 5.73 Å². The molecule has 2 atom stereocenters. The fraction of sp³-hybridized carbons (Fsp3) is 0.429. The lowest BCUT2D eigenvalue weighted by atomic mass is 9.98. The summed E-state index contributed by atoms with van der Waals surface area (Å²) in [7, 11) is 0. The molecule has 2 amide bonds. The Morgan fingerprint density at radius 3 is 2.79 bits per heavy atom. The number of hydrogen-bond acceptors (Lipinski definition) is 2. The van der Waals surface area contributed by atoms with Gasteiger partial charge in [-0.2, -0.15) is 0 Å². The number of hydrogen-bond donors (Lipinski definition) is 1. The van der Waals surface area contributed by atoms with Crippen LogP contribution in [0.1, 0.15) is 31.2 Å². The predicted molar refractivity (Wildman–Crippen MR) is 76.5 cm³/mol. The number of halogens is 1. The van der Waals surface area contributed by atoms with Crippen molar-refractivity contribution < 1.29 is 9.59 Å². The highest BCUT2D eigenvalue weighted by molar-refractivity contribution is 9.10. The molecule has 1 aromatic carbocycles. The molecule has 1 aliphatic rings. The lowest BCUT2D eigenvalue weighted by Gasteiger charge is -2.24. The normalized spacial score (nSPS) is 20.6. The van der Waals surface area contributed by atoms with Gasteiger partial charge in [-0.15, -0.1) is 0 Å². The Kier molecular flexibility index (Phi) is 4.24. The number of rotatable bonds is 4. The minimum Gasteiger partial charge on any atom is -0.368 e. The molecule has 4 nitrogen and oxygen atoms in total. The maximum atomic E-state index is 12.1. The lowest BCUT2D eigenvalue weighted by molar-refractivity contribution is -0.136. The van der Waals surface area contributed by atoms with Crippen molar-refractivity contribution in [1.82, 2.24) is 4.90 Å². The molecule has 0 bridgehead atoms. The Bertz CT molecular complexity index is 504. The van der Waals surface area contributed by atoms with E-state index >= 15 is 0 Å². The summed E-state index contributed by atoms with van der Waals surface area (Å²) in [6.45, 7) is 2.43. The molecule has 2 N–H and O–H groups in total. The van der Waals surface area contributed by atoms with Gasteiger partial charge in [-0.25, -0.2) is 0 Å². The Morgan fingerprint density at radius 2 is 2.21 bits per heavy atom. The Balaban J connectivity index is 2.20. The third-order valence-electron chi connectivity index (χ3n) is 3.59. The van der Waals surface area contributed by atoms with Gasteiger partial charge in [0.15, 0.2) is 0 Å². The second-order valence-corrected chi connectivity index (χ2v) is 5.65. The van der Waals surface area contributed by atoms with Gasteiger partial charge >= 0.3 is 0 Å². The van der Waals surface area contributed by atoms with E-state index in [9.17, 15) is 9.59 Å². The van der Waals surface area contributed by atoms with Crippen LogP contribution in [0.2, 0.25) is 0 Å². The maximum absolute atomic E-state index is 12.1. The summed E-state index contributed by atoms with van der Waals surface area (Å²) in [4.78, 5) is 25.1. The Labute approximate surface area is 121 Å². The SMILES string of the molecule is CC[C@H](C(N)=O)N1CC(c2ccccc2Br)CC1=O. The van der Waals surface area contributed by atoms with Crippen molar-refractivity contribution in [2.24, 2.45) is 5.73 Å². The van der Waals surface area contributed by atoms with Gasteiger partial charge in [0.1, 0.15) is 6.04 Å². The molecule has 19 heavy (non-hydrogen) atoms. The number of primary amides is 1. The molecule has 1 aliphatic heterocycles. The van der Waals surface area contributed by atoms with Crippen LogP contribution in [0, 0.1) is 0 Å². The van der Waals surface area contributed by atoms with Gasteiger partial charge in [0.2, 0.25) is 11.8 Å². The molecular formula is C14H17BrN2O2. The van der Waals surface area contributed by atoms with E-state index in [1.54, 1.807) is 4.90 Å². The van der Waals surface area contributed by atoms with E-state index < -0.39 is 11.9 Å². The molecule has 1 fully saturated rings. The number of nitrogens with zero attached hydrogens (tertiary/aromatic N) is 1. The number of carbonyl (C=O) groups excluding carboxylic acids is 2. The quantitative estimate of drug-likeness (QED) is 0.921. The monoisotopic (exact) mass is 324 g/mol. The third kappa shape index (κ3) is 2.81. The van der Waals surface area contributed by atoms with Crippen LogP contribution >= 0.6 is 15.9 Å². The van der Waals surface area contributed by atoms with E-state index in [1.165, 1.54) is 0 Å². The van der Waals surface area contributed by atoms with Gasteiger partial charge < -0.3 is 10.6 Å². The fourth-order valence-corrected chi connectivity index (χ4v) is 3.23. The molecule has 1 heterocycles. The highest BCUT2D eigenvalue weighted by Crippen LogP contribution is 2.33. The predicted octanol–water partition coefficient (Wildman–Crippen LogP) is 2.03. The van der Waals surface area contributed by atoms with Crippen LogP contribution in [0.15, 0.2) is 28.7 Å². The van der Waals surface area contributed by atoms with Crippen molar-refractivity contribution >= 4 is 27.7 Å². The van der Waals surface area contributed by atoms with Crippen LogP contribution in [0.5, 0.6) is 0 Å². The average Bonchev–Trinajstić information content (AvgIpc) is 2.72. The summed E-state index contributed by atoms with van der Waals surface area (Å²) in [5, 5.41) is 0. The second kappa shape index (κ2) is 5.74. The number of likely N-dealkylation sites (tertiary alicyclic amines) is 1. The van der Waals surface area contributed by atoms with E-state index in [-0.39, 0.29) is 11.8 Å². The van der Waals surface area contributed by atoms with Crippen molar-refractivity contribution in [3.05, 3.63) is 34.3 Å². The molecule has 1 saturated heterocycles. The Hall–Kier alpha value is -1.36. The first kappa shape index (κ1) is 14.1. The topological polar surface area (TPSA) is 63.4 Å². The molecule has 0 spiro atoms. The van der Waals surface area contributed by atoms with E-state index in [0.29, 0.717) is 19.4 Å². The number of carbonyl (C=O) groups is 2. The minimum atomic E-state index is -0.486. The summed E-state index contributed by atoms with van der Waals surface area (Å²) >= 11 is 3.51. The molecular weight excluding hydrogens is 308 g/mol. The number of amides is 2. The highest BCUT2D eigenvalue weighted by Gasteiger charge is 2.37. The smallest absolute Gasteiger partial charge is 0.240 e. The summed E-state index contributed by atoms with van der Waals surface area (Å²) in [6, 6.07) is 7.39. The van der Waals surface area contributed by atoms with E-state index in [1.807, 2.05) is 31.2 Å². The standard InChI is InChI=1S/C14H17BrN2O2/c1-2-12(14(16)19)17-8-9(7-13(17)18)10-5-3-4-6-11(10)15/h3-6,9,12H,2,7-8H2,1H3,(H2,16,19)/t9?,12-/m1/s1. The average molecular weight is 325 g/mol. The van der Waals surface area contributed by atoms with E-state index in [2.05, 4.69) is 15.9 Å². The fourth-order valence-electron chi connectivity index (χ4n) is 2.62. The zero-order valence-electron chi connectivity index (χ0n) is 10.8. The van der Waals surface area contributed by atoms with Crippen molar-refractivity contribution in [2.45, 2.75) is 31.7 Å². The molecule has 5 heteroatoms. The number of benzene rings is 1. The van der Waals surface area contributed by atoms with Crippen LogP contribution in [-0.2, 0) is 9.59 Å². The van der Waals surface area contributed by atoms with Crippen molar-refractivity contribution in [3.8, 4) is 0 Å². The lowest BCUT2D eigenvalue weighted by Crippen LogP contribution is -2.45. The van der Waals surface area contributed by atoms with Crippen LogP contribution in [0.3, 0.4) is 0 Å². The first-order valence-corrected chi connectivity index (χ1v) is 7.17. The molecule has 0 saturated carbocycles. The van der Waals surface area contributed by atoms with Gasteiger partial charge in [0.05, 0.1) is 0 Å². The van der Waals surface area contributed by atoms with Crippen LogP contribution in [0.4, 0.5) is 0 Å². The van der Waals surface area contributed by atoms with E-state index in [0.717, 1.165) is 10.0 Å². The molecule has 1 aromatic rings. The van der Waals surface area contributed by atoms with Crippen LogP contribution in [-0.4, -0.2) is 29.3 Å². The maximum Gasteiger partial charge on any atom is 0.240 e. The van der Waals surface area contributed by atoms with Gasteiger partial charge in [0.25, 0.3) is 0 Å². The molecule has 2 rings (SSSR count). The van der Waals surface area contributed by atoms with Gasteiger partial charge in [-0.1, -0.05) is 41.1 Å². The zero-order valence-corrected chi connectivity index (χ0v) is 12.4. The van der Waals surface area contributed by atoms with E-state index in [4.69, 9.17) is 5.73 Å². The summed E-state index contributed by atoms with van der Waals surface area (Å²) < 4.78 is 1.00. The zero-order chi connectivity index (χ0) is 14.0. The molecule has 0 aromatic heterocycles. The third-order valence-corrected chi connectivity index (χ3v) is 4.32. The van der Waals surface area contributed by atoms with Crippen molar-refractivity contribution in [3.63, 3.8) is 0 Å². The van der Waals surface area contributed by atoms with Crippen molar-refractivity contribution in [1.29, 1.82) is 0 Å². The van der Waals surface area contributed by atoms with Gasteiger partial charge in [0, 0.05) is 23.4 Å². The molecule has 102 valence electrons. The summed E-state index contributed by atoms with van der Waals surface area (Å²) in [5.41, 5.74) is 6.47. The van der Waals surface area contributed by atoms with Gasteiger partial charge in [-0.05, 0) is 18.1 Å². The van der Waals surface area contributed by atoms with Crippen molar-refractivity contribution in [2.75, 3.05) is 6.54 Å². The summed E-state index contributed by atoms with van der Waals surface area (Å²) in [6.07, 6.45) is 0.996. The van der Waals surface area contributed by atoms with Gasteiger partial charge in [-0.3, -0.25) is 9.59 Å². The second-order valence-electron chi connectivity index (χ2n) is 4.80. The number of nitrogens with two attached hydrogens (primary N) is 1. The first-order valence-electron chi connectivity index (χ1n) is 6.37. The van der Waals surface area contributed by atoms with Crippen LogP contribution in [0.25, 0.3) is 0 Å². The molecule has 0 radical (unpaired) electrons. The minimum absolute atomic E-state index is 0.00593. The summed E-state index contributed by atoms with van der Waals surface area (Å²) in [5.74, 6) is -0.300. The largest absolute Gasteiger partial charge is 0.368 e. The Morgan fingerprint density at radius 1 is 1.53 bits per heavy atom. The molecule has 1 unspecified atom stereocenters. The first-order chi connectivity index (χ1) is 9.04.